The second-order valence-electron chi connectivity index (χ2n) is 5.90. The third-order valence-corrected chi connectivity index (χ3v) is 4.44. The van der Waals surface area contributed by atoms with E-state index < -0.39 is 6.10 Å². The van der Waals surface area contributed by atoms with Crippen LogP contribution in [0.25, 0.3) is 16.3 Å². The Morgan fingerprint density at radius 2 is 1.76 bits per heavy atom. The maximum absolute atomic E-state index is 13.1. The molecule has 124 valence electrons. The van der Waals surface area contributed by atoms with Crippen molar-refractivity contribution >= 4 is 22.1 Å². The topological polar surface area (TPSA) is 61.6 Å². The minimum atomic E-state index is -0.729. The number of carbonyl (C=O) groups excluding carboxylic acids is 1. The van der Waals surface area contributed by atoms with Crippen molar-refractivity contribution in [2.45, 2.75) is 6.10 Å². The van der Waals surface area contributed by atoms with E-state index in [9.17, 15) is 4.79 Å². The number of benzene rings is 3. The second kappa shape index (κ2) is 5.98. The van der Waals surface area contributed by atoms with Crippen molar-refractivity contribution in [3.63, 3.8) is 0 Å². The number of ether oxygens (including phenoxy) is 2. The highest BCUT2D eigenvalue weighted by Gasteiger charge is 2.36. The molecule has 1 heterocycles. The fraction of sp³-hybridized carbons (Fsp3) is 0.0952. The normalized spacial score (nSPS) is 17.0. The number of hydrogen-bond acceptors (Lipinski definition) is 4. The SMILES string of the molecule is COc1cccc(C2=C(N)OC(c3cccc4ccccc34)C2=O)c1. The van der Waals surface area contributed by atoms with Crippen LogP contribution in [0.5, 0.6) is 5.75 Å². The summed E-state index contributed by atoms with van der Waals surface area (Å²) in [6, 6.07) is 21.0. The van der Waals surface area contributed by atoms with Gasteiger partial charge in [-0.3, -0.25) is 4.79 Å². The third kappa shape index (κ3) is 2.52. The highest BCUT2D eigenvalue weighted by molar-refractivity contribution is 6.25. The van der Waals surface area contributed by atoms with E-state index in [1.165, 1.54) is 0 Å². The van der Waals surface area contributed by atoms with Crippen LogP contribution in [0, 0.1) is 0 Å². The van der Waals surface area contributed by atoms with Gasteiger partial charge in [-0.05, 0) is 28.5 Å². The number of nitrogens with two attached hydrogens (primary N) is 1. The predicted octanol–water partition coefficient (Wildman–Crippen LogP) is 3.82. The number of Topliss-reactive ketones (excluding diaryl/α,β-unsaturated/α-hetero) is 1. The molecule has 0 spiro atoms. The predicted molar refractivity (Wildman–Crippen MR) is 96.9 cm³/mol. The average molecular weight is 331 g/mol. The van der Waals surface area contributed by atoms with Gasteiger partial charge in [-0.1, -0.05) is 54.6 Å². The quantitative estimate of drug-likeness (QED) is 0.792. The fourth-order valence-electron chi connectivity index (χ4n) is 3.24. The van der Waals surface area contributed by atoms with Gasteiger partial charge in [0.2, 0.25) is 5.78 Å². The van der Waals surface area contributed by atoms with Gasteiger partial charge >= 0.3 is 0 Å². The molecule has 1 aliphatic rings. The first kappa shape index (κ1) is 15.3. The lowest BCUT2D eigenvalue weighted by atomic mass is 9.94. The van der Waals surface area contributed by atoms with Gasteiger partial charge in [0.05, 0.1) is 12.7 Å². The molecule has 0 aliphatic carbocycles. The van der Waals surface area contributed by atoms with Crippen LogP contribution in [0.15, 0.2) is 72.6 Å². The summed E-state index contributed by atoms with van der Waals surface area (Å²) in [5, 5.41) is 2.05. The molecule has 4 nitrogen and oxygen atoms in total. The molecule has 0 radical (unpaired) electrons. The molecule has 3 aromatic rings. The zero-order valence-electron chi connectivity index (χ0n) is 13.7. The van der Waals surface area contributed by atoms with Crippen molar-refractivity contribution in [3.05, 3.63) is 83.7 Å². The van der Waals surface area contributed by atoms with Gasteiger partial charge in [0, 0.05) is 5.56 Å². The highest BCUT2D eigenvalue weighted by Crippen LogP contribution is 2.39. The van der Waals surface area contributed by atoms with E-state index in [4.69, 9.17) is 15.2 Å². The fourth-order valence-corrected chi connectivity index (χ4v) is 3.24. The molecular weight excluding hydrogens is 314 g/mol. The van der Waals surface area contributed by atoms with Gasteiger partial charge in [0.25, 0.3) is 0 Å². The van der Waals surface area contributed by atoms with Crippen LogP contribution in [-0.2, 0) is 9.53 Å². The first-order valence-corrected chi connectivity index (χ1v) is 8.02. The summed E-state index contributed by atoms with van der Waals surface area (Å²) in [7, 11) is 1.59. The van der Waals surface area contributed by atoms with E-state index in [1.807, 2.05) is 60.7 Å². The Labute approximate surface area is 145 Å². The number of methoxy groups -OCH3 is 1. The van der Waals surface area contributed by atoms with Gasteiger partial charge in [-0.15, -0.1) is 0 Å². The highest BCUT2D eigenvalue weighted by atomic mass is 16.5. The zero-order chi connectivity index (χ0) is 17.4. The van der Waals surface area contributed by atoms with Crippen LogP contribution < -0.4 is 10.5 Å². The summed E-state index contributed by atoms with van der Waals surface area (Å²) in [4.78, 5) is 13.1. The standard InChI is InChI=1S/C21H17NO3/c1-24-15-9-4-8-14(12-15)18-19(23)20(25-21(18)22)17-11-5-7-13-6-2-3-10-16(13)17/h2-12,20H,22H2,1H3. The van der Waals surface area contributed by atoms with Crippen molar-refractivity contribution in [1.82, 2.24) is 0 Å². The summed E-state index contributed by atoms with van der Waals surface area (Å²) >= 11 is 0. The van der Waals surface area contributed by atoms with E-state index in [0.717, 1.165) is 16.3 Å². The largest absolute Gasteiger partial charge is 0.497 e. The minimum absolute atomic E-state index is 0.137. The monoisotopic (exact) mass is 331 g/mol. The molecule has 0 amide bonds. The van der Waals surface area contributed by atoms with Crippen LogP contribution in [0.2, 0.25) is 0 Å². The molecule has 1 atom stereocenters. The molecule has 4 rings (SSSR count). The second-order valence-corrected chi connectivity index (χ2v) is 5.90. The molecular formula is C21H17NO3. The number of ketones is 1. The van der Waals surface area contributed by atoms with Crippen molar-refractivity contribution in [2.24, 2.45) is 5.73 Å². The maximum atomic E-state index is 13.1. The van der Waals surface area contributed by atoms with E-state index >= 15 is 0 Å². The van der Waals surface area contributed by atoms with Crippen molar-refractivity contribution in [3.8, 4) is 5.75 Å². The molecule has 0 bridgehead atoms. The molecule has 2 N–H and O–H groups in total. The van der Waals surface area contributed by atoms with Crippen LogP contribution in [0.3, 0.4) is 0 Å². The van der Waals surface area contributed by atoms with E-state index in [-0.39, 0.29) is 11.7 Å². The van der Waals surface area contributed by atoms with E-state index in [1.54, 1.807) is 13.2 Å². The zero-order valence-corrected chi connectivity index (χ0v) is 13.7. The average Bonchev–Trinajstić information content (AvgIpc) is 2.95. The first-order chi connectivity index (χ1) is 12.2. The molecule has 25 heavy (non-hydrogen) atoms. The van der Waals surface area contributed by atoms with Gasteiger partial charge in [-0.2, -0.15) is 0 Å². The lowest BCUT2D eigenvalue weighted by Gasteiger charge is -2.13. The molecule has 0 fully saturated rings. The van der Waals surface area contributed by atoms with Crippen LogP contribution in [0.1, 0.15) is 17.2 Å². The van der Waals surface area contributed by atoms with Gasteiger partial charge < -0.3 is 15.2 Å². The summed E-state index contributed by atoms with van der Waals surface area (Å²) in [5.74, 6) is 0.678. The summed E-state index contributed by atoms with van der Waals surface area (Å²) < 4.78 is 11.0. The molecule has 0 saturated carbocycles. The smallest absolute Gasteiger partial charge is 0.213 e. The Bertz CT molecular complexity index is 1000. The molecule has 4 heteroatoms. The van der Waals surface area contributed by atoms with Crippen LogP contribution in [0.4, 0.5) is 0 Å². The third-order valence-electron chi connectivity index (χ3n) is 4.44. The molecule has 0 aromatic heterocycles. The van der Waals surface area contributed by atoms with Crippen molar-refractivity contribution in [1.29, 1.82) is 0 Å². The summed E-state index contributed by atoms with van der Waals surface area (Å²) in [5.41, 5.74) is 7.98. The number of carbonyl (C=O) groups is 1. The Morgan fingerprint density at radius 3 is 2.60 bits per heavy atom. The Hall–Kier alpha value is -3.27. The summed E-state index contributed by atoms with van der Waals surface area (Å²) in [6.45, 7) is 0. The lowest BCUT2D eigenvalue weighted by Crippen LogP contribution is -2.10. The molecule has 1 unspecified atom stereocenters. The molecule has 0 saturated heterocycles. The van der Waals surface area contributed by atoms with Crippen molar-refractivity contribution < 1.29 is 14.3 Å². The Morgan fingerprint density at radius 1 is 1.00 bits per heavy atom. The van der Waals surface area contributed by atoms with Crippen molar-refractivity contribution in [2.75, 3.05) is 7.11 Å². The van der Waals surface area contributed by atoms with Crippen LogP contribution >= 0.6 is 0 Å². The van der Waals surface area contributed by atoms with E-state index in [0.29, 0.717) is 16.9 Å². The van der Waals surface area contributed by atoms with E-state index in [2.05, 4.69) is 0 Å². The number of hydrogen-bond donors (Lipinski definition) is 1. The maximum Gasteiger partial charge on any atom is 0.213 e. The molecule has 1 aliphatic heterocycles. The minimum Gasteiger partial charge on any atom is -0.497 e. The summed E-state index contributed by atoms with van der Waals surface area (Å²) in [6.07, 6.45) is -0.729. The molecule has 3 aromatic carbocycles. The van der Waals surface area contributed by atoms with Gasteiger partial charge in [-0.25, -0.2) is 0 Å². The van der Waals surface area contributed by atoms with Crippen LogP contribution in [-0.4, -0.2) is 12.9 Å². The Kier molecular flexibility index (Phi) is 3.65. The van der Waals surface area contributed by atoms with Gasteiger partial charge in [0.15, 0.2) is 12.0 Å². The number of rotatable bonds is 3. The number of fused-ring (bicyclic) bond motifs is 1. The Balaban J connectivity index is 1.77. The van der Waals surface area contributed by atoms with Gasteiger partial charge in [0.1, 0.15) is 5.75 Å². The first-order valence-electron chi connectivity index (χ1n) is 8.02. The lowest BCUT2D eigenvalue weighted by molar-refractivity contribution is -0.120.